The molecule has 0 aliphatic carbocycles. The monoisotopic (exact) mass is 200 g/mol. The second-order valence-electron chi connectivity index (χ2n) is 3.23. The molecule has 0 bridgehead atoms. The van der Waals surface area contributed by atoms with Crippen LogP contribution in [0.25, 0.3) is 10.8 Å². The molecule has 2 rings (SSSR count). The SMILES string of the molecule is C=CCOc1cccc2c(O)cccc12. The number of rotatable bonds is 3. The van der Waals surface area contributed by atoms with E-state index in [2.05, 4.69) is 6.58 Å². The van der Waals surface area contributed by atoms with Crippen molar-refractivity contribution in [2.45, 2.75) is 0 Å². The van der Waals surface area contributed by atoms with E-state index >= 15 is 0 Å². The Hall–Kier alpha value is -1.96. The summed E-state index contributed by atoms with van der Waals surface area (Å²) in [6.07, 6.45) is 1.70. The molecule has 0 aromatic heterocycles. The molecule has 2 aromatic carbocycles. The minimum atomic E-state index is 0.275. The van der Waals surface area contributed by atoms with Crippen molar-refractivity contribution in [1.29, 1.82) is 0 Å². The van der Waals surface area contributed by atoms with Gasteiger partial charge in [0.2, 0.25) is 0 Å². The van der Waals surface area contributed by atoms with Gasteiger partial charge in [-0.3, -0.25) is 0 Å². The van der Waals surface area contributed by atoms with E-state index in [1.807, 2.05) is 24.3 Å². The number of benzene rings is 2. The van der Waals surface area contributed by atoms with E-state index in [0.717, 1.165) is 16.5 Å². The van der Waals surface area contributed by atoms with Crippen LogP contribution in [0.1, 0.15) is 0 Å². The predicted molar refractivity (Wildman–Crippen MR) is 61.3 cm³/mol. The average Bonchev–Trinajstić information content (AvgIpc) is 2.27. The van der Waals surface area contributed by atoms with Crippen molar-refractivity contribution in [3.05, 3.63) is 49.1 Å². The second kappa shape index (κ2) is 4.05. The van der Waals surface area contributed by atoms with Gasteiger partial charge in [-0.2, -0.15) is 0 Å². The minimum Gasteiger partial charge on any atom is -0.507 e. The van der Waals surface area contributed by atoms with E-state index in [0.29, 0.717) is 6.61 Å². The molecule has 0 atom stereocenters. The van der Waals surface area contributed by atoms with Crippen molar-refractivity contribution < 1.29 is 9.84 Å². The standard InChI is InChI=1S/C13H12O2/c1-2-9-15-13-8-4-5-10-11(13)6-3-7-12(10)14/h2-8,14H,1,9H2. The molecule has 0 aliphatic rings. The molecule has 0 saturated carbocycles. The number of ether oxygens (including phenoxy) is 1. The Kier molecular flexibility index (Phi) is 2.59. The van der Waals surface area contributed by atoms with Crippen molar-refractivity contribution in [2.75, 3.05) is 6.61 Å². The van der Waals surface area contributed by atoms with Crippen LogP contribution in [0, 0.1) is 0 Å². The first-order valence-electron chi connectivity index (χ1n) is 4.77. The first kappa shape index (κ1) is 9.59. The Morgan fingerprint density at radius 2 is 1.87 bits per heavy atom. The van der Waals surface area contributed by atoms with Crippen molar-refractivity contribution in [1.82, 2.24) is 0 Å². The highest BCUT2D eigenvalue weighted by Crippen LogP contribution is 2.31. The van der Waals surface area contributed by atoms with Crippen molar-refractivity contribution in [3.63, 3.8) is 0 Å². The first-order valence-corrected chi connectivity index (χ1v) is 4.77. The van der Waals surface area contributed by atoms with E-state index in [-0.39, 0.29) is 5.75 Å². The zero-order chi connectivity index (χ0) is 10.7. The Labute approximate surface area is 88.4 Å². The molecule has 0 spiro atoms. The third-order valence-electron chi connectivity index (χ3n) is 2.22. The van der Waals surface area contributed by atoms with Crippen LogP contribution in [0.5, 0.6) is 11.5 Å². The Morgan fingerprint density at radius 3 is 2.67 bits per heavy atom. The summed E-state index contributed by atoms with van der Waals surface area (Å²) in [6, 6.07) is 11.0. The highest BCUT2D eigenvalue weighted by molar-refractivity contribution is 5.92. The second-order valence-corrected chi connectivity index (χ2v) is 3.23. The number of hydrogen-bond acceptors (Lipinski definition) is 2. The average molecular weight is 200 g/mol. The molecule has 2 aromatic rings. The van der Waals surface area contributed by atoms with Crippen LogP contribution in [0.3, 0.4) is 0 Å². The highest BCUT2D eigenvalue weighted by atomic mass is 16.5. The molecule has 0 radical (unpaired) electrons. The van der Waals surface area contributed by atoms with Crippen molar-refractivity contribution >= 4 is 10.8 Å². The third-order valence-corrected chi connectivity index (χ3v) is 2.22. The maximum Gasteiger partial charge on any atom is 0.127 e. The summed E-state index contributed by atoms with van der Waals surface area (Å²) in [5.41, 5.74) is 0. The van der Waals surface area contributed by atoms with Crippen LogP contribution >= 0.6 is 0 Å². The fourth-order valence-electron chi connectivity index (χ4n) is 1.54. The zero-order valence-electron chi connectivity index (χ0n) is 8.31. The summed E-state index contributed by atoms with van der Waals surface area (Å²) >= 11 is 0. The zero-order valence-corrected chi connectivity index (χ0v) is 8.31. The number of hydrogen-bond donors (Lipinski definition) is 1. The van der Waals surface area contributed by atoms with Gasteiger partial charge in [0.05, 0.1) is 0 Å². The molecule has 1 N–H and O–H groups in total. The van der Waals surface area contributed by atoms with Gasteiger partial charge < -0.3 is 9.84 Å². The number of phenolic OH excluding ortho intramolecular Hbond substituents is 1. The Balaban J connectivity index is 2.55. The molecule has 15 heavy (non-hydrogen) atoms. The number of fused-ring (bicyclic) bond motifs is 1. The van der Waals surface area contributed by atoms with Gasteiger partial charge in [0.25, 0.3) is 0 Å². The molecule has 0 amide bonds. The lowest BCUT2D eigenvalue weighted by molar-refractivity contribution is 0.367. The molecule has 0 saturated heterocycles. The minimum absolute atomic E-state index is 0.275. The smallest absolute Gasteiger partial charge is 0.127 e. The van der Waals surface area contributed by atoms with Gasteiger partial charge in [-0.15, -0.1) is 0 Å². The topological polar surface area (TPSA) is 29.5 Å². The van der Waals surface area contributed by atoms with Crippen LogP contribution in [0.15, 0.2) is 49.1 Å². The summed E-state index contributed by atoms with van der Waals surface area (Å²) in [6.45, 7) is 4.07. The van der Waals surface area contributed by atoms with Crippen LogP contribution in [-0.2, 0) is 0 Å². The van der Waals surface area contributed by atoms with Crippen molar-refractivity contribution in [3.8, 4) is 11.5 Å². The molecular formula is C13H12O2. The molecule has 2 heteroatoms. The molecule has 0 aliphatic heterocycles. The van der Waals surface area contributed by atoms with Gasteiger partial charge in [0, 0.05) is 10.8 Å². The maximum absolute atomic E-state index is 9.65. The lowest BCUT2D eigenvalue weighted by Crippen LogP contribution is -1.93. The Morgan fingerprint density at radius 1 is 1.13 bits per heavy atom. The number of phenols is 1. The van der Waals surface area contributed by atoms with Crippen LogP contribution in [-0.4, -0.2) is 11.7 Å². The quantitative estimate of drug-likeness (QED) is 0.771. The van der Waals surface area contributed by atoms with Crippen LogP contribution < -0.4 is 4.74 Å². The van der Waals surface area contributed by atoms with Gasteiger partial charge in [0.1, 0.15) is 18.1 Å². The maximum atomic E-state index is 9.65. The normalized spacial score (nSPS) is 10.1. The lowest BCUT2D eigenvalue weighted by atomic mass is 10.1. The van der Waals surface area contributed by atoms with Gasteiger partial charge >= 0.3 is 0 Å². The first-order chi connectivity index (χ1) is 7.33. The van der Waals surface area contributed by atoms with E-state index in [9.17, 15) is 5.11 Å². The number of aromatic hydroxyl groups is 1. The van der Waals surface area contributed by atoms with Crippen LogP contribution in [0.4, 0.5) is 0 Å². The van der Waals surface area contributed by atoms with E-state index < -0.39 is 0 Å². The fourth-order valence-corrected chi connectivity index (χ4v) is 1.54. The van der Waals surface area contributed by atoms with Gasteiger partial charge in [0.15, 0.2) is 0 Å². The molecule has 76 valence electrons. The van der Waals surface area contributed by atoms with Gasteiger partial charge in [-0.25, -0.2) is 0 Å². The summed E-state index contributed by atoms with van der Waals surface area (Å²) in [5.74, 6) is 1.04. The van der Waals surface area contributed by atoms with E-state index in [1.54, 1.807) is 18.2 Å². The van der Waals surface area contributed by atoms with E-state index in [1.165, 1.54) is 0 Å². The lowest BCUT2D eigenvalue weighted by Gasteiger charge is -2.07. The molecule has 0 unspecified atom stereocenters. The fraction of sp³-hybridized carbons (Fsp3) is 0.0769. The summed E-state index contributed by atoms with van der Waals surface area (Å²) < 4.78 is 5.49. The van der Waals surface area contributed by atoms with Gasteiger partial charge in [-0.05, 0) is 12.1 Å². The van der Waals surface area contributed by atoms with Crippen LogP contribution in [0.2, 0.25) is 0 Å². The largest absolute Gasteiger partial charge is 0.507 e. The molecular weight excluding hydrogens is 188 g/mol. The highest BCUT2D eigenvalue weighted by Gasteiger charge is 2.03. The summed E-state index contributed by atoms with van der Waals surface area (Å²) in [4.78, 5) is 0. The summed E-state index contributed by atoms with van der Waals surface area (Å²) in [7, 11) is 0. The molecule has 0 fully saturated rings. The third kappa shape index (κ3) is 1.79. The molecule has 2 nitrogen and oxygen atoms in total. The van der Waals surface area contributed by atoms with E-state index in [4.69, 9.17) is 4.74 Å². The Bertz CT molecular complexity index is 489. The van der Waals surface area contributed by atoms with Gasteiger partial charge in [-0.1, -0.05) is 36.9 Å². The van der Waals surface area contributed by atoms with Crippen molar-refractivity contribution in [2.24, 2.45) is 0 Å². The summed E-state index contributed by atoms with van der Waals surface area (Å²) in [5, 5.41) is 11.4. The molecule has 0 heterocycles. The predicted octanol–water partition coefficient (Wildman–Crippen LogP) is 3.11.